The molecule has 79 heavy (non-hydrogen) atoms. The Kier molecular flexibility index (Phi) is 58.5. The number of hydrogen-bond acceptors (Lipinski definition) is 6. The minimum absolute atomic E-state index is 0.0119. The average molecular weight is 1130 g/mol. The molecule has 0 aliphatic heterocycles. The molecule has 0 fully saturated rings. The van der Waals surface area contributed by atoms with Crippen molar-refractivity contribution in [1.82, 2.24) is 5.32 Å². The molecule has 0 aromatic heterocycles. The third kappa shape index (κ3) is 63.1. The van der Waals surface area contributed by atoms with E-state index in [0.29, 0.717) is 23.9 Å². The number of unbranched alkanes of at least 4 members (excludes halogenated alkanes) is 34. The van der Waals surface area contributed by atoms with Gasteiger partial charge >= 0.3 is 0 Å². The molecule has 0 saturated carbocycles. The van der Waals surface area contributed by atoms with Crippen molar-refractivity contribution in [3.05, 3.63) is 85.1 Å². The van der Waals surface area contributed by atoms with Crippen LogP contribution in [0.2, 0.25) is 0 Å². The Bertz CT molecular complexity index is 1560. The molecule has 3 atom stereocenters. The van der Waals surface area contributed by atoms with Crippen LogP contribution in [0.4, 0.5) is 0 Å². The van der Waals surface area contributed by atoms with Gasteiger partial charge in [0.05, 0.1) is 39.9 Å². The maximum atomic E-state index is 13.0. The predicted molar refractivity (Wildman–Crippen MR) is 343 cm³/mol. The number of carbonyl (C=O) groups is 1. The van der Waals surface area contributed by atoms with Gasteiger partial charge in [-0.1, -0.05) is 311 Å². The molecule has 3 unspecified atom stereocenters. The molecule has 9 heteroatoms. The zero-order chi connectivity index (χ0) is 57.7. The quantitative estimate of drug-likeness (QED) is 0.0272. The van der Waals surface area contributed by atoms with Gasteiger partial charge in [-0.2, -0.15) is 0 Å². The second-order valence-electron chi connectivity index (χ2n) is 23.8. The Morgan fingerprint density at radius 3 is 1.13 bits per heavy atom. The van der Waals surface area contributed by atoms with Gasteiger partial charge < -0.3 is 28.8 Å². The van der Waals surface area contributed by atoms with Gasteiger partial charge in [-0.25, -0.2) is 0 Å². The summed E-state index contributed by atoms with van der Waals surface area (Å²) in [4.78, 5) is 25.6. The zero-order valence-electron chi connectivity index (χ0n) is 52.6. The lowest BCUT2D eigenvalue weighted by Crippen LogP contribution is -2.46. The summed E-state index contributed by atoms with van der Waals surface area (Å²) in [5.41, 5.74) is 0. The number of phosphoric ester groups is 1. The molecule has 0 aromatic rings. The van der Waals surface area contributed by atoms with Crippen molar-refractivity contribution in [2.75, 3.05) is 40.9 Å². The van der Waals surface area contributed by atoms with Gasteiger partial charge in [0.2, 0.25) is 5.91 Å². The molecule has 1 amide bonds. The number of aliphatic hydroxyl groups is 1. The van der Waals surface area contributed by atoms with Crippen LogP contribution in [0.3, 0.4) is 0 Å². The van der Waals surface area contributed by atoms with E-state index in [1.165, 1.54) is 193 Å². The van der Waals surface area contributed by atoms with Crippen molar-refractivity contribution in [3.63, 3.8) is 0 Å². The fourth-order valence-corrected chi connectivity index (χ4v) is 10.5. The van der Waals surface area contributed by atoms with Crippen LogP contribution < -0.4 is 10.2 Å². The molecule has 0 aliphatic rings. The number of rotatable bonds is 61. The van der Waals surface area contributed by atoms with Crippen LogP contribution in [0.5, 0.6) is 0 Å². The van der Waals surface area contributed by atoms with E-state index in [1.807, 2.05) is 21.1 Å². The van der Waals surface area contributed by atoms with Crippen molar-refractivity contribution >= 4 is 13.7 Å². The van der Waals surface area contributed by atoms with Crippen LogP contribution in [0.1, 0.15) is 303 Å². The van der Waals surface area contributed by atoms with Crippen molar-refractivity contribution in [2.45, 2.75) is 315 Å². The lowest BCUT2D eigenvalue weighted by molar-refractivity contribution is -0.870. The summed E-state index contributed by atoms with van der Waals surface area (Å²) < 4.78 is 23.5. The first-order chi connectivity index (χ1) is 38.5. The fourth-order valence-electron chi connectivity index (χ4n) is 9.73. The summed E-state index contributed by atoms with van der Waals surface area (Å²) in [6.45, 7) is 4.63. The van der Waals surface area contributed by atoms with Crippen LogP contribution >= 0.6 is 7.82 Å². The number of likely N-dealkylation sites (N-methyl/N-ethyl adjacent to an activating group) is 1. The number of carbonyl (C=O) groups excluding carboxylic acids is 1. The number of allylic oxidation sites excluding steroid dienone is 14. The first-order valence-corrected chi connectivity index (χ1v) is 34.9. The van der Waals surface area contributed by atoms with E-state index in [-0.39, 0.29) is 19.1 Å². The molecule has 2 N–H and O–H groups in total. The Morgan fingerprint density at radius 1 is 0.456 bits per heavy atom. The van der Waals surface area contributed by atoms with Gasteiger partial charge in [0.15, 0.2) is 0 Å². The van der Waals surface area contributed by atoms with Crippen LogP contribution in [-0.4, -0.2) is 68.5 Å². The minimum Gasteiger partial charge on any atom is -0.756 e. The molecule has 8 nitrogen and oxygen atoms in total. The number of nitrogens with one attached hydrogen (secondary N) is 1. The first kappa shape index (κ1) is 76.7. The molecule has 0 rings (SSSR count). The van der Waals surface area contributed by atoms with E-state index < -0.39 is 20.0 Å². The molecule has 0 radical (unpaired) electrons. The Morgan fingerprint density at radius 2 is 0.772 bits per heavy atom. The molecule has 0 aromatic carbocycles. The van der Waals surface area contributed by atoms with Gasteiger partial charge in [-0.3, -0.25) is 9.36 Å². The van der Waals surface area contributed by atoms with Gasteiger partial charge in [-0.15, -0.1) is 0 Å². The summed E-state index contributed by atoms with van der Waals surface area (Å²) in [5, 5.41) is 14.0. The Labute approximate surface area is 490 Å². The number of hydrogen-bond donors (Lipinski definition) is 2. The standard InChI is InChI=1S/C70H129N2O6P/c1-6-8-10-12-14-16-18-20-22-24-25-26-27-28-29-30-31-32-33-34-35-36-37-38-39-40-41-42-43-44-45-46-47-48-50-52-54-56-58-60-62-64-70(74)71-68(67-78-79(75,76)77-66-65-72(3,4)5)69(73)63-61-59-57-55-53-51-49-23-21-19-17-15-13-11-9-7-2/h8,10,14,16,20,22,25-26,28-29,31-32,34-35,68-69,73H,6-7,9,11-13,15,17-19,21,23-24,27,30,33,36-67H2,1-5H3,(H-,71,74,75,76)/b10-8-,16-14-,22-20-,26-25-,29-28-,32-31-,35-34-. The summed E-state index contributed by atoms with van der Waals surface area (Å²) in [6.07, 6.45) is 85.1. The van der Waals surface area contributed by atoms with E-state index in [0.717, 1.165) is 83.5 Å². The second kappa shape index (κ2) is 60.3. The Balaban J connectivity index is 3.93. The molecule has 0 aliphatic carbocycles. The molecule has 0 spiro atoms. The van der Waals surface area contributed by atoms with Crippen LogP contribution in [0.25, 0.3) is 0 Å². The Hall–Kier alpha value is -2.32. The summed E-state index contributed by atoms with van der Waals surface area (Å²) in [6, 6.07) is -0.802. The molecular weight excluding hydrogens is 996 g/mol. The van der Waals surface area contributed by atoms with Crippen molar-refractivity contribution < 1.29 is 32.9 Å². The molecule has 0 bridgehead atoms. The van der Waals surface area contributed by atoms with Gasteiger partial charge in [0, 0.05) is 6.42 Å². The SMILES string of the molecule is CC/C=C\C/C=C\C/C=C\C/C=C\C/C=C\C/C=C\C/C=C\CCCCCCCCCCCCCCCCCCCCCC(=O)NC(COP(=O)([O-])OCC[N+](C)(C)C)C(O)CCCCCCCCCCCCCCCCCC. The third-order valence-corrected chi connectivity index (χ3v) is 15.9. The zero-order valence-corrected chi connectivity index (χ0v) is 53.5. The van der Waals surface area contributed by atoms with Gasteiger partial charge in [0.1, 0.15) is 13.2 Å². The summed E-state index contributed by atoms with van der Waals surface area (Å²) in [7, 11) is 1.31. The molecule has 460 valence electrons. The monoisotopic (exact) mass is 1120 g/mol. The van der Waals surface area contributed by atoms with Crippen molar-refractivity contribution in [3.8, 4) is 0 Å². The highest BCUT2D eigenvalue weighted by molar-refractivity contribution is 7.45. The lowest BCUT2D eigenvalue weighted by atomic mass is 10.0. The lowest BCUT2D eigenvalue weighted by Gasteiger charge is -2.30. The van der Waals surface area contributed by atoms with Crippen LogP contribution in [-0.2, 0) is 18.4 Å². The number of quaternary nitrogens is 1. The summed E-state index contributed by atoms with van der Waals surface area (Å²) >= 11 is 0. The molecular formula is C70H129N2O6P. The second-order valence-corrected chi connectivity index (χ2v) is 25.2. The maximum absolute atomic E-state index is 13.0. The van der Waals surface area contributed by atoms with Crippen LogP contribution in [0.15, 0.2) is 85.1 Å². The van der Waals surface area contributed by atoms with E-state index >= 15 is 0 Å². The minimum atomic E-state index is -4.58. The number of phosphoric acid groups is 1. The number of aliphatic hydroxyl groups excluding tert-OH is 1. The van der Waals surface area contributed by atoms with E-state index in [4.69, 9.17) is 9.05 Å². The van der Waals surface area contributed by atoms with E-state index in [1.54, 1.807) is 0 Å². The van der Waals surface area contributed by atoms with E-state index in [9.17, 15) is 19.4 Å². The van der Waals surface area contributed by atoms with Crippen molar-refractivity contribution in [2.24, 2.45) is 0 Å². The van der Waals surface area contributed by atoms with Crippen molar-refractivity contribution in [1.29, 1.82) is 0 Å². The highest BCUT2D eigenvalue weighted by Crippen LogP contribution is 2.38. The van der Waals surface area contributed by atoms with Gasteiger partial charge in [-0.05, 0) is 70.6 Å². The fraction of sp³-hybridized carbons (Fsp3) is 0.786. The summed E-state index contributed by atoms with van der Waals surface area (Å²) in [5.74, 6) is -0.162. The number of nitrogens with zero attached hydrogens (tertiary/aromatic N) is 1. The van der Waals surface area contributed by atoms with Crippen LogP contribution in [0, 0.1) is 0 Å². The highest BCUT2D eigenvalue weighted by Gasteiger charge is 2.24. The third-order valence-electron chi connectivity index (χ3n) is 14.9. The van der Waals surface area contributed by atoms with Gasteiger partial charge in [0.25, 0.3) is 7.82 Å². The number of amides is 1. The topological polar surface area (TPSA) is 108 Å². The smallest absolute Gasteiger partial charge is 0.268 e. The maximum Gasteiger partial charge on any atom is 0.268 e. The predicted octanol–water partition coefficient (Wildman–Crippen LogP) is 20.5. The largest absolute Gasteiger partial charge is 0.756 e. The average Bonchev–Trinajstić information content (AvgIpc) is 3.42. The van der Waals surface area contributed by atoms with E-state index in [2.05, 4.69) is 104 Å². The first-order valence-electron chi connectivity index (χ1n) is 33.4. The molecule has 0 saturated heterocycles. The molecule has 0 heterocycles. The highest BCUT2D eigenvalue weighted by atomic mass is 31.2. The normalized spacial score (nSPS) is 14.3.